The zero-order valence-electron chi connectivity index (χ0n) is 16.2. The van der Waals surface area contributed by atoms with Gasteiger partial charge in [-0.05, 0) is 30.2 Å². The summed E-state index contributed by atoms with van der Waals surface area (Å²) >= 11 is 2.80. The number of thiophene rings is 1. The van der Waals surface area contributed by atoms with Gasteiger partial charge < -0.3 is 5.32 Å². The molecule has 0 unspecified atom stereocenters. The van der Waals surface area contributed by atoms with Crippen molar-refractivity contribution < 1.29 is 4.79 Å². The summed E-state index contributed by atoms with van der Waals surface area (Å²) in [5.74, 6) is 1.19. The number of nitrogens with one attached hydrogen (secondary N) is 1. The smallest absolute Gasteiger partial charge is 0.272 e. The lowest BCUT2D eigenvalue weighted by atomic mass is 9.95. The van der Waals surface area contributed by atoms with E-state index in [-0.39, 0.29) is 11.5 Å². The van der Waals surface area contributed by atoms with Gasteiger partial charge >= 0.3 is 0 Å². The number of thioether (sulfide) groups is 1. The molecule has 150 valence electrons. The summed E-state index contributed by atoms with van der Waals surface area (Å²) in [5, 5.41) is 14.3. The van der Waals surface area contributed by atoms with Gasteiger partial charge in [-0.25, -0.2) is 0 Å². The minimum Gasteiger partial charge on any atom is -0.353 e. The van der Waals surface area contributed by atoms with E-state index in [2.05, 4.69) is 29.4 Å². The van der Waals surface area contributed by atoms with E-state index in [1.807, 2.05) is 15.8 Å². The van der Waals surface area contributed by atoms with Crippen LogP contribution in [0.5, 0.6) is 0 Å². The van der Waals surface area contributed by atoms with Crippen LogP contribution in [0.25, 0.3) is 16.0 Å². The molecule has 0 saturated heterocycles. The van der Waals surface area contributed by atoms with Crippen LogP contribution in [0.1, 0.15) is 46.0 Å². The molecule has 28 heavy (non-hydrogen) atoms. The molecule has 3 aromatic heterocycles. The second kappa shape index (κ2) is 8.24. The summed E-state index contributed by atoms with van der Waals surface area (Å²) in [6, 6.07) is 2.22. The van der Waals surface area contributed by atoms with Crippen LogP contribution >= 0.6 is 23.1 Å². The summed E-state index contributed by atoms with van der Waals surface area (Å²) in [4.78, 5) is 25.2. The Morgan fingerprint density at radius 1 is 1.32 bits per heavy atom. The number of carbonyl (C=O) groups is 1. The number of hydrogen-bond donors (Lipinski definition) is 1. The first-order valence-corrected chi connectivity index (χ1v) is 11.7. The van der Waals surface area contributed by atoms with Gasteiger partial charge in [-0.15, -0.1) is 21.5 Å². The number of amides is 1. The average Bonchev–Trinajstić information content (AvgIpc) is 3.31. The molecule has 7 nitrogen and oxygen atoms in total. The number of aromatic nitrogens is 4. The van der Waals surface area contributed by atoms with Crippen LogP contribution in [-0.4, -0.2) is 36.9 Å². The minimum absolute atomic E-state index is 0.0230. The number of hydrogen-bond acceptors (Lipinski definition) is 6. The second-order valence-electron chi connectivity index (χ2n) is 7.75. The third-order valence-electron chi connectivity index (χ3n) is 5.03. The highest BCUT2D eigenvalue weighted by atomic mass is 32.2. The molecule has 1 fully saturated rings. The molecule has 9 heteroatoms. The molecular formula is C19H25N5O2S2. The van der Waals surface area contributed by atoms with Crippen molar-refractivity contribution in [3.63, 3.8) is 0 Å². The van der Waals surface area contributed by atoms with Gasteiger partial charge in [-0.3, -0.25) is 18.6 Å². The third-order valence-corrected chi connectivity index (χ3v) is 6.85. The van der Waals surface area contributed by atoms with Crippen LogP contribution in [0, 0.1) is 5.92 Å². The van der Waals surface area contributed by atoms with E-state index in [1.165, 1.54) is 42.4 Å². The van der Waals surface area contributed by atoms with Gasteiger partial charge in [0.2, 0.25) is 11.7 Å². The molecule has 0 aromatic carbocycles. The van der Waals surface area contributed by atoms with Gasteiger partial charge in [0, 0.05) is 12.6 Å². The van der Waals surface area contributed by atoms with Gasteiger partial charge in [0.25, 0.3) is 5.56 Å². The van der Waals surface area contributed by atoms with Gasteiger partial charge in [0.05, 0.1) is 11.3 Å². The van der Waals surface area contributed by atoms with Gasteiger partial charge in [-0.2, -0.15) is 0 Å². The Kier molecular flexibility index (Phi) is 5.73. The Hall–Kier alpha value is -1.87. The van der Waals surface area contributed by atoms with E-state index in [1.54, 1.807) is 4.57 Å². The van der Waals surface area contributed by atoms with Crippen molar-refractivity contribution in [2.24, 2.45) is 5.92 Å². The first kappa shape index (κ1) is 19.4. The number of carbonyl (C=O) groups excluding carboxylic acids is 1. The topological polar surface area (TPSA) is 81.3 Å². The lowest BCUT2D eigenvalue weighted by molar-refractivity contribution is -0.119. The zero-order valence-corrected chi connectivity index (χ0v) is 17.8. The molecule has 3 aromatic rings. The largest absolute Gasteiger partial charge is 0.353 e. The Morgan fingerprint density at radius 3 is 2.86 bits per heavy atom. The summed E-state index contributed by atoms with van der Waals surface area (Å²) in [5.41, 5.74) is 0.787. The van der Waals surface area contributed by atoms with Crippen molar-refractivity contribution >= 4 is 45.0 Å². The quantitative estimate of drug-likeness (QED) is 0.620. The highest BCUT2D eigenvalue weighted by Crippen LogP contribution is 2.25. The number of fused-ring (bicyclic) bond motifs is 3. The summed E-state index contributed by atoms with van der Waals surface area (Å²) in [6.07, 6.45) is 5.79. The molecule has 0 bridgehead atoms. The maximum Gasteiger partial charge on any atom is 0.272 e. The van der Waals surface area contributed by atoms with E-state index < -0.39 is 0 Å². The minimum atomic E-state index is -0.0230. The van der Waals surface area contributed by atoms with Crippen LogP contribution in [0.15, 0.2) is 21.4 Å². The Morgan fingerprint density at radius 2 is 2.11 bits per heavy atom. The van der Waals surface area contributed by atoms with Gasteiger partial charge in [-0.1, -0.05) is 44.9 Å². The Balaban J connectivity index is 1.60. The molecule has 4 rings (SSSR count). The second-order valence-corrected chi connectivity index (χ2v) is 9.61. The van der Waals surface area contributed by atoms with E-state index in [4.69, 9.17) is 0 Å². The normalized spacial score (nSPS) is 15.7. The predicted molar refractivity (Wildman–Crippen MR) is 113 cm³/mol. The van der Waals surface area contributed by atoms with Crippen LogP contribution in [0.2, 0.25) is 0 Å². The van der Waals surface area contributed by atoms with E-state index in [9.17, 15) is 9.59 Å². The fourth-order valence-corrected chi connectivity index (χ4v) is 5.34. The lowest BCUT2D eigenvalue weighted by Crippen LogP contribution is -2.37. The molecule has 1 aliphatic carbocycles. The standard InChI is InChI=1S/C19H25N5O2S2/c1-12(2)10-23-17(26)16-14(8-9-27-16)24-18(23)21-22-19(24)28-11-15(25)20-13-6-4-3-5-7-13/h8-9,12-13H,3-7,10-11H2,1-2H3,(H,20,25). The molecule has 1 saturated carbocycles. The summed E-state index contributed by atoms with van der Waals surface area (Å²) in [6.45, 7) is 4.73. The summed E-state index contributed by atoms with van der Waals surface area (Å²) in [7, 11) is 0. The molecule has 1 amide bonds. The van der Waals surface area contributed by atoms with Crippen LogP contribution in [-0.2, 0) is 11.3 Å². The third kappa shape index (κ3) is 3.82. The average molecular weight is 420 g/mol. The van der Waals surface area contributed by atoms with Crippen molar-refractivity contribution in [3.8, 4) is 0 Å². The van der Waals surface area contributed by atoms with Crippen LogP contribution in [0.3, 0.4) is 0 Å². The van der Waals surface area contributed by atoms with E-state index in [0.29, 0.717) is 39.9 Å². The van der Waals surface area contributed by atoms with Crippen molar-refractivity contribution in [2.75, 3.05) is 5.75 Å². The van der Waals surface area contributed by atoms with Gasteiger partial charge in [0.15, 0.2) is 5.16 Å². The summed E-state index contributed by atoms with van der Waals surface area (Å²) < 4.78 is 4.30. The highest BCUT2D eigenvalue weighted by Gasteiger charge is 2.20. The molecule has 0 atom stereocenters. The van der Waals surface area contributed by atoms with E-state index in [0.717, 1.165) is 18.4 Å². The molecular weight excluding hydrogens is 394 g/mol. The fraction of sp³-hybridized carbons (Fsp3) is 0.579. The molecule has 3 heterocycles. The monoisotopic (exact) mass is 419 g/mol. The molecule has 0 spiro atoms. The Labute approximate surface area is 171 Å². The van der Waals surface area contributed by atoms with Crippen molar-refractivity contribution in [2.45, 2.75) is 63.7 Å². The SMILES string of the molecule is CC(C)Cn1c(=O)c2sccc2n2c(SCC(=O)NC3CCCCC3)nnc12. The molecule has 0 aliphatic heterocycles. The van der Waals surface area contributed by atoms with Crippen LogP contribution < -0.4 is 10.9 Å². The van der Waals surface area contributed by atoms with Gasteiger partial charge in [0.1, 0.15) is 4.70 Å². The molecule has 1 N–H and O–H groups in total. The highest BCUT2D eigenvalue weighted by molar-refractivity contribution is 7.99. The fourth-order valence-electron chi connectivity index (χ4n) is 3.77. The lowest BCUT2D eigenvalue weighted by Gasteiger charge is -2.22. The van der Waals surface area contributed by atoms with Crippen molar-refractivity contribution in [1.82, 2.24) is 24.5 Å². The van der Waals surface area contributed by atoms with Crippen LogP contribution in [0.4, 0.5) is 0 Å². The first-order chi connectivity index (χ1) is 13.5. The molecule has 1 aliphatic rings. The number of nitrogens with zero attached hydrogens (tertiary/aromatic N) is 4. The van der Waals surface area contributed by atoms with E-state index >= 15 is 0 Å². The predicted octanol–water partition coefficient (Wildman–Crippen LogP) is 3.30. The first-order valence-electron chi connectivity index (χ1n) is 9.82. The molecule has 0 radical (unpaired) electrons. The number of rotatable bonds is 6. The maximum atomic E-state index is 12.9. The van der Waals surface area contributed by atoms with Crippen molar-refractivity contribution in [1.29, 1.82) is 0 Å². The Bertz CT molecular complexity index is 1050. The van der Waals surface area contributed by atoms with Crippen molar-refractivity contribution in [3.05, 3.63) is 21.8 Å². The zero-order chi connectivity index (χ0) is 19.7. The maximum absolute atomic E-state index is 12.9.